The van der Waals surface area contributed by atoms with Crippen LogP contribution in [0.25, 0.3) is 0 Å². The molecular formula is C17H20FN3O2. The number of aliphatic imine (C=N–C) groups is 1. The zero-order valence-corrected chi connectivity index (χ0v) is 13.1. The van der Waals surface area contributed by atoms with Crippen molar-refractivity contribution in [3.8, 4) is 11.5 Å². The van der Waals surface area contributed by atoms with Gasteiger partial charge in [0.1, 0.15) is 5.75 Å². The van der Waals surface area contributed by atoms with Gasteiger partial charge in [0.2, 0.25) is 0 Å². The van der Waals surface area contributed by atoms with Crippen LogP contribution in [-0.2, 0) is 13.1 Å². The van der Waals surface area contributed by atoms with Crippen LogP contribution < -0.4 is 15.4 Å². The second kappa shape index (κ2) is 8.03. The van der Waals surface area contributed by atoms with E-state index in [1.807, 2.05) is 24.3 Å². The summed E-state index contributed by atoms with van der Waals surface area (Å²) in [7, 11) is 3.30. The van der Waals surface area contributed by atoms with Crippen LogP contribution >= 0.6 is 0 Å². The minimum atomic E-state index is -0.634. The molecule has 0 aliphatic carbocycles. The summed E-state index contributed by atoms with van der Waals surface area (Å²) in [6.07, 6.45) is 0. The van der Waals surface area contributed by atoms with Gasteiger partial charge in [0.15, 0.2) is 17.5 Å². The van der Waals surface area contributed by atoms with Gasteiger partial charge in [0.05, 0.1) is 7.11 Å². The van der Waals surface area contributed by atoms with Gasteiger partial charge in [-0.3, -0.25) is 4.99 Å². The molecule has 0 heterocycles. The maximum Gasteiger partial charge on any atom is 0.191 e. The molecule has 0 saturated heterocycles. The molecule has 0 aromatic heterocycles. The van der Waals surface area contributed by atoms with E-state index in [0.29, 0.717) is 24.6 Å². The van der Waals surface area contributed by atoms with Gasteiger partial charge in [0, 0.05) is 20.1 Å². The number of rotatable bonds is 5. The number of phenols is 1. The largest absolute Gasteiger partial charge is 0.505 e. The second-order valence-corrected chi connectivity index (χ2v) is 4.91. The van der Waals surface area contributed by atoms with Crippen molar-refractivity contribution < 1.29 is 14.2 Å². The number of guanidine groups is 1. The normalized spacial score (nSPS) is 11.2. The van der Waals surface area contributed by atoms with Crippen LogP contribution in [0.3, 0.4) is 0 Å². The summed E-state index contributed by atoms with van der Waals surface area (Å²) in [6.45, 7) is 1.01. The van der Waals surface area contributed by atoms with Crippen LogP contribution in [0.2, 0.25) is 0 Å². The maximum atomic E-state index is 13.3. The number of nitrogens with zero attached hydrogens (tertiary/aromatic N) is 1. The summed E-state index contributed by atoms with van der Waals surface area (Å²) in [5, 5.41) is 15.4. The van der Waals surface area contributed by atoms with Crippen LogP contribution in [0.5, 0.6) is 11.5 Å². The molecule has 0 bridgehead atoms. The van der Waals surface area contributed by atoms with Crippen LogP contribution in [-0.4, -0.2) is 25.2 Å². The fourth-order valence-electron chi connectivity index (χ4n) is 2.00. The quantitative estimate of drug-likeness (QED) is 0.585. The molecule has 0 aliphatic rings. The molecule has 6 heteroatoms. The van der Waals surface area contributed by atoms with Gasteiger partial charge in [0.25, 0.3) is 0 Å². The molecule has 0 fully saturated rings. The van der Waals surface area contributed by atoms with Crippen molar-refractivity contribution in [3.63, 3.8) is 0 Å². The van der Waals surface area contributed by atoms with E-state index >= 15 is 0 Å². The molecular weight excluding hydrogens is 297 g/mol. The van der Waals surface area contributed by atoms with Gasteiger partial charge in [-0.25, -0.2) is 4.39 Å². The van der Waals surface area contributed by atoms with Gasteiger partial charge >= 0.3 is 0 Å². The van der Waals surface area contributed by atoms with Crippen molar-refractivity contribution in [2.24, 2.45) is 4.99 Å². The number of methoxy groups -OCH3 is 1. The lowest BCUT2D eigenvalue weighted by molar-refractivity contribution is 0.414. The van der Waals surface area contributed by atoms with Crippen LogP contribution in [0.15, 0.2) is 47.5 Å². The van der Waals surface area contributed by atoms with Gasteiger partial charge in [-0.05, 0) is 35.4 Å². The minimum Gasteiger partial charge on any atom is -0.505 e. The minimum absolute atomic E-state index is 0.351. The Balaban J connectivity index is 1.86. The SMILES string of the molecule is CN=C(NCc1ccc(OC)cc1)NCc1ccc(O)c(F)c1. The molecule has 5 nitrogen and oxygen atoms in total. The van der Waals surface area contributed by atoms with Crippen molar-refractivity contribution in [2.75, 3.05) is 14.2 Å². The Kier molecular flexibility index (Phi) is 5.80. The third-order valence-electron chi connectivity index (χ3n) is 3.31. The van der Waals surface area contributed by atoms with Gasteiger partial charge in [-0.2, -0.15) is 0 Å². The molecule has 2 rings (SSSR count). The number of hydrogen-bond acceptors (Lipinski definition) is 3. The Labute approximate surface area is 134 Å². The van der Waals surface area contributed by atoms with Gasteiger partial charge in [-0.15, -0.1) is 0 Å². The fraction of sp³-hybridized carbons (Fsp3) is 0.235. The average Bonchev–Trinajstić information content (AvgIpc) is 2.58. The first-order valence-electron chi connectivity index (χ1n) is 7.17. The monoisotopic (exact) mass is 317 g/mol. The molecule has 0 saturated carbocycles. The molecule has 2 aromatic carbocycles. The zero-order chi connectivity index (χ0) is 16.7. The standard InChI is InChI=1S/C17H20FN3O2/c1-19-17(20-10-12-3-6-14(23-2)7-4-12)21-11-13-5-8-16(22)15(18)9-13/h3-9,22H,10-11H2,1-2H3,(H2,19,20,21). The lowest BCUT2D eigenvalue weighted by Gasteiger charge is -2.12. The first-order valence-corrected chi connectivity index (χ1v) is 7.17. The van der Waals surface area contributed by atoms with Crippen LogP contribution in [0.1, 0.15) is 11.1 Å². The molecule has 0 unspecified atom stereocenters. The Bertz CT molecular complexity index is 672. The number of benzene rings is 2. The summed E-state index contributed by atoms with van der Waals surface area (Å²) in [5.74, 6) is 0.432. The Morgan fingerprint density at radius 3 is 2.26 bits per heavy atom. The highest BCUT2D eigenvalue weighted by Gasteiger charge is 2.03. The van der Waals surface area contributed by atoms with E-state index in [1.54, 1.807) is 20.2 Å². The van der Waals surface area contributed by atoms with E-state index in [2.05, 4.69) is 15.6 Å². The summed E-state index contributed by atoms with van der Waals surface area (Å²) in [5.41, 5.74) is 1.80. The maximum absolute atomic E-state index is 13.3. The molecule has 0 atom stereocenters. The molecule has 23 heavy (non-hydrogen) atoms. The molecule has 0 spiro atoms. The summed E-state index contributed by atoms with van der Waals surface area (Å²) < 4.78 is 18.4. The highest BCUT2D eigenvalue weighted by molar-refractivity contribution is 5.79. The second-order valence-electron chi connectivity index (χ2n) is 4.91. The van der Waals surface area contributed by atoms with E-state index in [9.17, 15) is 9.50 Å². The number of phenolic OH excluding ortho intramolecular Hbond substituents is 1. The summed E-state index contributed by atoms with van der Waals surface area (Å²) in [6, 6.07) is 12.0. The highest BCUT2D eigenvalue weighted by Crippen LogP contribution is 2.16. The molecule has 0 amide bonds. The van der Waals surface area contributed by atoms with E-state index in [1.165, 1.54) is 12.1 Å². The third kappa shape index (κ3) is 4.88. The van der Waals surface area contributed by atoms with Crippen LogP contribution in [0.4, 0.5) is 4.39 Å². The summed E-state index contributed by atoms with van der Waals surface area (Å²) in [4.78, 5) is 4.12. The number of hydrogen-bond donors (Lipinski definition) is 3. The third-order valence-corrected chi connectivity index (χ3v) is 3.31. The first-order chi connectivity index (χ1) is 11.1. The first kappa shape index (κ1) is 16.6. The highest BCUT2D eigenvalue weighted by atomic mass is 19.1. The topological polar surface area (TPSA) is 65.9 Å². The lowest BCUT2D eigenvalue weighted by atomic mass is 10.2. The number of halogens is 1. The van der Waals surface area contributed by atoms with Crippen molar-refractivity contribution in [1.29, 1.82) is 0 Å². The molecule has 0 radical (unpaired) electrons. The van der Waals surface area contributed by atoms with Crippen molar-refractivity contribution in [2.45, 2.75) is 13.1 Å². The Morgan fingerprint density at radius 2 is 1.70 bits per heavy atom. The smallest absolute Gasteiger partial charge is 0.191 e. The van der Waals surface area contributed by atoms with Gasteiger partial charge in [-0.1, -0.05) is 18.2 Å². The number of aromatic hydroxyl groups is 1. The molecule has 2 aromatic rings. The number of nitrogens with one attached hydrogen (secondary N) is 2. The van der Waals surface area contributed by atoms with Gasteiger partial charge < -0.3 is 20.5 Å². The number of ether oxygens (including phenoxy) is 1. The lowest BCUT2D eigenvalue weighted by Crippen LogP contribution is -2.36. The molecule has 3 N–H and O–H groups in total. The fourth-order valence-corrected chi connectivity index (χ4v) is 2.00. The van der Waals surface area contributed by atoms with E-state index in [4.69, 9.17) is 4.74 Å². The van der Waals surface area contributed by atoms with E-state index in [0.717, 1.165) is 11.3 Å². The molecule has 0 aliphatic heterocycles. The summed E-state index contributed by atoms with van der Waals surface area (Å²) >= 11 is 0. The average molecular weight is 317 g/mol. The van der Waals surface area contributed by atoms with Crippen molar-refractivity contribution >= 4 is 5.96 Å². The Morgan fingerprint density at radius 1 is 1.09 bits per heavy atom. The van der Waals surface area contributed by atoms with E-state index < -0.39 is 5.82 Å². The van der Waals surface area contributed by atoms with Crippen molar-refractivity contribution in [3.05, 3.63) is 59.4 Å². The zero-order valence-electron chi connectivity index (χ0n) is 13.1. The van der Waals surface area contributed by atoms with Crippen molar-refractivity contribution in [1.82, 2.24) is 10.6 Å². The molecule has 122 valence electrons. The Hall–Kier alpha value is -2.76. The predicted molar refractivity (Wildman–Crippen MR) is 88.1 cm³/mol. The van der Waals surface area contributed by atoms with E-state index in [-0.39, 0.29) is 5.75 Å². The predicted octanol–water partition coefficient (Wildman–Crippen LogP) is 2.41. The van der Waals surface area contributed by atoms with Crippen LogP contribution in [0, 0.1) is 5.82 Å².